The van der Waals surface area contributed by atoms with Crippen molar-refractivity contribution in [2.75, 3.05) is 5.73 Å². The third-order valence-corrected chi connectivity index (χ3v) is 3.62. The van der Waals surface area contributed by atoms with Gasteiger partial charge >= 0.3 is 0 Å². The molecular weight excluding hydrogens is 244 g/mol. The molecule has 4 N–H and O–H groups in total. The fraction of sp³-hybridized carbons (Fsp3) is 0.333. The van der Waals surface area contributed by atoms with Crippen LogP contribution in [0.5, 0.6) is 0 Å². The zero-order valence-corrected chi connectivity index (χ0v) is 12.9. The fourth-order valence-corrected chi connectivity index (χ4v) is 2.19. The summed E-state index contributed by atoms with van der Waals surface area (Å²) in [4.78, 5) is 0. The lowest BCUT2D eigenvalue weighted by atomic mass is 9.87. The number of anilines is 1. The Balaban J connectivity index is 3.46. The second-order valence-electron chi connectivity index (χ2n) is 5.48. The second-order valence-corrected chi connectivity index (χ2v) is 5.48. The van der Waals surface area contributed by atoms with E-state index in [1.807, 2.05) is 26.0 Å². The fourth-order valence-electron chi connectivity index (χ4n) is 2.19. The summed E-state index contributed by atoms with van der Waals surface area (Å²) in [5.74, 6) is 2.75. The Morgan fingerprint density at radius 3 is 2.40 bits per heavy atom. The van der Waals surface area contributed by atoms with E-state index in [2.05, 4.69) is 26.3 Å². The number of nitrogen functional groups attached to an aromatic ring is 1. The first-order valence-electron chi connectivity index (χ1n) is 6.73. The lowest BCUT2D eigenvalue weighted by Gasteiger charge is -2.20. The number of rotatable bonds is 4. The van der Waals surface area contributed by atoms with Crippen LogP contribution in [0.25, 0.3) is 5.57 Å². The molecule has 1 aromatic carbocycles. The van der Waals surface area contributed by atoms with Crippen molar-refractivity contribution in [2.45, 2.75) is 40.2 Å². The average molecular weight is 268 g/mol. The van der Waals surface area contributed by atoms with E-state index in [9.17, 15) is 0 Å². The largest absolute Gasteiger partial charge is 0.398 e. The molecule has 0 saturated carbocycles. The number of nitrogens with two attached hydrogens (primary N) is 2. The van der Waals surface area contributed by atoms with Crippen LogP contribution in [0.15, 0.2) is 29.9 Å². The Hall–Kier alpha value is -1.98. The lowest BCUT2D eigenvalue weighted by Crippen LogP contribution is -2.21. The molecule has 1 rings (SSSR count). The van der Waals surface area contributed by atoms with Crippen molar-refractivity contribution in [3.63, 3.8) is 0 Å². The lowest BCUT2D eigenvalue weighted by molar-refractivity contribution is 0.793. The highest BCUT2D eigenvalue weighted by molar-refractivity contribution is 5.79. The van der Waals surface area contributed by atoms with Gasteiger partial charge in [-0.25, -0.2) is 0 Å². The van der Waals surface area contributed by atoms with Crippen LogP contribution in [0.4, 0.5) is 5.69 Å². The van der Waals surface area contributed by atoms with Crippen LogP contribution in [0, 0.1) is 19.3 Å². The molecule has 0 fully saturated rings. The average Bonchev–Trinajstić information content (AvgIpc) is 2.38. The molecule has 0 aliphatic heterocycles. The van der Waals surface area contributed by atoms with Crippen LogP contribution in [-0.2, 0) is 0 Å². The third kappa shape index (κ3) is 3.31. The van der Waals surface area contributed by atoms with E-state index in [-0.39, 0.29) is 6.04 Å². The van der Waals surface area contributed by atoms with E-state index in [4.69, 9.17) is 17.9 Å². The van der Waals surface area contributed by atoms with Crippen molar-refractivity contribution in [1.29, 1.82) is 0 Å². The van der Waals surface area contributed by atoms with Crippen LogP contribution < -0.4 is 11.5 Å². The smallest absolute Gasteiger partial charge is 0.0350 e. The Labute approximate surface area is 122 Å². The van der Waals surface area contributed by atoms with Gasteiger partial charge in [-0.1, -0.05) is 23.6 Å². The quantitative estimate of drug-likeness (QED) is 0.497. The van der Waals surface area contributed by atoms with Crippen molar-refractivity contribution in [3.8, 4) is 12.3 Å². The molecule has 2 nitrogen and oxygen atoms in total. The molecular formula is C18H24N2. The van der Waals surface area contributed by atoms with Crippen molar-refractivity contribution in [2.24, 2.45) is 5.73 Å². The molecule has 0 spiro atoms. The highest BCUT2D eigenvalue weighted by atomic mass is 14.6. The molecule has 1 unspecified atom stereocenters. The Kier molecular flexibility index (Phi) is 5.19. The highest BCUT2D eigenvalue weighted by Gasteiger charge is 2.16. The number of allylic oxidation sites excluding steroid dienone is 1. The third-order valence-electron chi connectivity index (χ3n) is 3.62. The van der Waals surface area contributed by atoms with Gasteiger partial charge in [-0.15, -0.1) is 6.42 Å². The maximum atomic E-state index is 6.16. The summed E-state index contributed by atoms with van der Waals surface area (Å²) in [6.45, 7) is 12.0. The first-order valence-corrected chi connectivity index (χ1v) is 6.73. The zero-order chi connectivity index (χ0) is 15.4. The van der Waals surface area contributed by atoms with Gasteiger partial charge < -0.3 is 11.5 Å². The monoisotopic (exact) mass is 268 g/mol. The second kappa shape index (κ2) is 6.45. The van der Waals surface area contributed by atoms with Crippen LogP contribution in [0.1, 0.15) is 43.9 Å². The van der Waals surface area contributed by atoms with E-state index < -0.39 is 0 Å². The maximum Gasteiger partial charge on any atom is 0.0350 e. The van der Waals surface area contributed by atoms with Crippen LogP contribution in [0.2, 0.25) is 0 Å². The van der Waals surface area contributed by atoms with Crippen molar-refractivity contribution in [3.05, 3.63) is 46.5 Å². The molecule has 20 heavy (non-hydrogen) atoms. The molecule has 106 valence electrons. The minimum absolute atomic E-state index is 0.0774. The molecule has 0 amide bonds. The number of hydrogen-bond acceptors (Lipinski definition) is 2. The van der Waals surface area contributed by atoms with E-state index in [1.54, 1.807) is 0 Å². The summed E-state index contributed by atoms with van der Waals surface area (Å²) < 4.78 is 0. The molecule has 1 aromatic rings. The van der Waals surface area contributed by atoms with E-state index in [1.165, 1.54) is 11.1 Å². The summed E-state index contributed by atoms with van der Waals surface area (Å²) in [5, 5.41) is 0. The van der Waals surface area contributed by atoms with E-state index >= 15 is 0 Å². The molecule has 0 radical (unpaired) electrons. The van der Waals surface area contributed by atoms with Crippen molar-refractivity contribution >= 4 is 11.3 Å². The van der Waals surface area contributed by atoms with E-state index in [0.717, 1.165) is 34.4 Å². The van der Waals surface area contributed by atoms with Crippen molar-refractivity contribution in [1.82, 2.24) is 0 Å². The van der Waals surface area contributed by atoms with Gasteiger partial charge in [0.2, 0.25) is 0 Å². The first-order chi connectivity index (χ1) is 9.29. The van der Waals surface area contributed by atoms with Gasteiger partial charge in [0.05, 0.1) is 0 Å². The number of benzene rings is 1. The normalized spacial score (nSPS) is 11.6. The summed E-state index contributed by atoms with van der Waals surface area (Å²) in [6.07, 6.45) is 6.35. The van der Waals surface area contributed by atoms with Gasteiger partial charge in [-0.05, 0) is 62.9 Å². The predicted octanol–water partition coefficient (Wildman–Crippen LogP) is 3.65. The maximum absolute atomic E-state index is 6.16. The molecule has 1 atom stereocenters. The van der Waals surface area contributed by atoms with Crippen LogP contribution in [-0.4, -0.2) is 6.04 Å². The van der Waals surface area contributed by atoms with Gasteiger partial charge in [-0.3, -0.25) is 0 Å². The van der Waals surface area contributed by atoms with Gasteiger partial charge in [0.15, 0.2) is 0 Å². The summed E-state index contributed by atoms with van der Waals surface area (Å²) in [5.41, 5.74) is 19.2. The summed E-state index contributed by atoms with van der Waals surface area (Å²) in [7, 11) is 0. The Morgan fingerprint density at radius 2 is 1.95 bits per heavy atom. The summed E-state index contributed by atoms with van der Waals surface area (Å²) >= 11 is 0. The minimum atomic E-state index is -0.0774. The minimum Gasteiger partial charge on any atom is -0.398 e. The van der Waals surface area contributed by atoms with Gasteiger partial charge in [0, 0.05) is 17.3 Å². The number of terminal acetylenes is 1. The SMILES string of the molecule is C#Cc1ccc(N)c(C)c1C(CC(N)C(=C)C)=C(C)C. The molecule has 0 heterocycles. The summed E-state index contributed by atoms with van der Waals surface area (Å²) in [6, 6.07) is 3.67. The Bertz CT molecular complexity index is 597. The van der Waals surface area contributed by atoms with Gasteiger partial charge in [-0.2, -0.15) is 0 Å². The molecule has 0 aliphatic rings. The first kappa shape index (κ1) is 16.1. The van der Waals surface area contributed by atoms with Gasteiger partial charge in [0.25, 0.3) is 0 Å². The highest BCUT2D eigenvalue weighted by Crippen LogP contribution is 2.32. The predicted molar refractivity (Wildman–Crippen MR) is 89.2 cm³/mol. The zero-order valence-electron chi connectivity index (χ0n) is 12.9. The molecule has 0 bridgehead atoms. The van der Waals surface area contributed by atoms with E-state index in [0.29, 0.717) is 0 Å². The Morgan fingerprint density at radius 1 is 1.35 bits per heavy atom. The standard InChI is InChI=1S/C18H24N2/c1-7-14-8-9-16(19)13(6)18(14)15(11(2)3)10-17(20)12(4)5/h1,8-9,17H,4,10,19-20H2,2-3,5-6H3. The van der Waals surface area contributed by atoms with Crippen LogP contribution in [0.3, 0.4) is 0 Å². The van der Waals surface area contributed by atoms with Crippen molar-refractivity contribution < 1.29 is 0 Å². The molecule has 0 aromatic heterocycles. The molecule has 2 heteroatoms. The topological polar surface area (TPSA) is 52.0 Å². The molecule has 0 aliphatic carbocycles. The molecule has 0 saturated heterocycles. The van der Waals surface area contributed by atoms with Gasteiger partial charge in [0.1, 0.15) is 0 Å². The van der Waals surface area contributed by atoms with Crippen LogP contribution >= 0.6 is 0 Å². The number of hydrogen-bond donors (Lipinski definition) is 2.